The summed E-state index contributed by atoms with van der Waals surface area (Å²) in [6.45, 7) is 4.20. The Labute approximate surface area is 181 Å². The van der Waals surface area contributed by atoms with E-state index in [-0.39, 0.29) is 23.2 Å². The zero-order valence-electron chi connectivity index (χ0n) is 17.9. The van der Waals surface area contributed by atoms with Crippen LogP contribution < -0.4 is 16.4 Å². The van der Waals surface area contributed by atoms with Crippen LogP contribution in [0, 0.1) is 11.3 Å². The molecule has 1 aliphatic rings. The van der Waals surface area contributed by atoms with Crippen LogP contribution in [0.3, 0.4) is 0 Å². The number of nitrogens with one attached hydrogen (secondary N) is 3. The van der Waals surface area contributed by atoms with Crippen molar-refractivity contribution in [1.82, 2.24) is 15.5 Å². The second kappa shape index (κ2) is 10.6. The number of hydrogen-bond acceptors (Lipinski definition) is 6. The van der Waals surface area contributed by atoms with Gasteiger partial charge < -0.3 is 20.7 Å². The number of imide groups is 1. The molecule has 4 amide bonds. The summed E-state index contributed by atoms with van der Waals surface area (Å²) in [6.07, 6.45) is 0.696. The lowest BCUT2D eigenvalue weighted by Gasteiger charge is -2.29. The van der Waals surface area contributed by atoms with Crippen LogP contribution in [0.4, 0.5) is 4.79 Å². The van der Waals surface area contributed by atoms with E-state index in [9.17, 15) is 19.2 Å². The van der Waals surface area contributed by atoms with Gasteiger partial charge in [-0.1, -0.05) is 26.0 Å². The van der Waals surface area contributed by atoms with Crippen molar-refractivity contribution in [2.75, 3.05) is 13.7 Å². The Morgan fingerprint density at radius 3 is 2.35 bits per heavy atom. The molecular weight excluding hydrogens is 402 g/mol. The molecule has 5 N–H and O–H groups in total. The first-order chi connectivity index (χ1) is 14.6. The van der Waals surface area contributed by atoms with Gasteiger partial charge >= 0.3 is 6.09 Å². The van der Waals surface area contributed by atoms with Gasteiger partial charge in [0, 0.05) is 17.7 Å². The molecule has 1 aromatic carbocycles. The van der Waals surface area contributed by atoms with E-state index >= 15 is 0 Å². The van der Waals surface area contributed by atoms with Gasteiger partial charge in [0.25, 0.3) is 5.91 Å². The van der Waals surface area contributed by atoms with Crippen molar-refractivity contribution < 1.29 is 23.9 Å². The molecule has 1 heterocycles. The fourth-order valence-electron chi connectivity index (χ4n) is 3.47. The molecule has 0 spiro atoms. The molecule has 1 fully saturated rings. The summed E-state index contributed by atoms with van der Waals surface area (Å²) in [6, 6.07) is 4.34. The Kier molecular flexibility index (Phi) is 8.12. The highest BCUT2D eigenvalue weighted by molar-refractivity contribution is 6.07. The Hall–Kier alpha value is -3.43. The number of carbonyl (C=O) groups is 4. The second-order valence-corrected chi connectivity index (χ2v) is 7.82. The standard InChI is InChI=1S/C21H29N5O5/c1-12(2)11-15(24-21(30)31-3)20(29)26-10-4-5-16(26)19(28)25-18(27)14-8-6-13(7-9-14)17(22)23/h6-9,12,15-16H,4-5,10-11H2,1-3H3,(H3,22,23)(H,24,30)(H,25,27,28)/t15-,16+/m1/s1. The van der Waals surface area contributed by atoms with E-state index in [1.54, 1.807) is 0 Å². The maximum Gasteiger partial charge on any atom is 0.407 e. The molecule has 0 aromatic heterocycles. The van der Waals surface area contributed by atoms with Gasteiger partial charge in [-0.15, -0.1) is 0 Å². The number of nitrogen functional groups attached to an aromatic ring is 1. The van der Waals surface area contributed by atoms with Crippen LogP contribution in [-0.2, 0) is 14.3 Å². The quantitative estimate of drug-likeness (QED) is 0.287. The Bertz CT molecular complexity index is 852. The average molecular weight is 431 g/mol. The number of nitrogens with two attached hydrogens (primary N) is 1. The third-order valence-corrected chi connectivity index (χ3v) is 5.02. The van der Waals surface area contributed by atoms with Crippen LogP contribution in [0.15, 0.2) is 24.3 Å². The van der Waals surface area contributed by atoms with Gasteiger partial charge in [-0.05, 0) is 37.3 Å². The molecule has 168 valence electrons. The third-order valence-electron chi connectivity index (χ3n) is 5.02. The SMILES string of the molecule is COC(=O)N[C@H](CC(C)C)C(=O)N1CCC[C@H]1C(=O)NC(=O)c1ccc(C(=N)N)cc1. The molecule has 0 unspecified atom stereocenters. The summed E-state index contributed by atoms with van der Waals surface area (Å²) in [5, 5.41) is 12.3. The zero-order chi connectivity index (χ0) is 23.1. The lowest BCUT2D eigenvalue weighted by atomic mass is 10.0. The minimum atomic E-state index is -0.823. The minimum Gasteiger partial charge on any atom is -0.453 e. The summed E-state index contributed by atoms with van der Waals surface area (Å²) in [7, 11) is 1.22. The van der Waals surface area contributed by atoms with Gasteiger partial charge in [-0.2, -0.15) is 0 Å². The molecule has 0 saturated carbocycles. The van der Waals surface area contributed by atoms with Crippen LogP contribution in [0.1, 0.15) is 49.0 Å². The summed E-state index contributed by atoms with van der Waals surface area (Å²) in [5.41, 5.74) is 6.10. The van der Waals surface area contributed by atoms with Crippen LogP contribution >= 0.6 is 0 Å². The predicted molar refractivity (Wildman–Crippen MR) is 113 cm³/mol. The number of hydrogen-bond donors (Lipinski definition) is 4. The van der Waals surface area contributed by atoms with Crippen molar-refractivity contribution in [3.8, 4) is 0 Å². The fourth-order valence-corrected chi connectivity index (χ4v) is 3.47. The maximum absolute atomic E-state index is 13.1. The third kappa shape index (κ3) is 6.27. The van der Waals surface area contributed by atoms with Gasteiger partial charge in [0.2, 0.25) is 11.8 Å². The van der Waals surface area contributed by atoms with Gasteiger partial charge in [-0.25, -0.2) is 4.79 Å². The molecule has 1 aliphatic heterocycles. The van der Waals surface area contributed by atoms with Crippen LogP contribution in [-0.4, -0.2) is 60.3 Å². The van der Waals surface area contributed by atoms with E-state index in [4.69, 9.17) is 11.1 Å². The highest BCUT2D eigenvalue weighted by atomic mass is 16.5. The van der Waals surface area contributed by atoms with E-state index < -0.39 is 30.0 Å². The summed E-state index contributed by atoms with van der Waals surface area (Å²) in [4.78, 5) is 51.3. The predicted octanol–water partition coefficient (Wildman–Crippen LogP) is 0.989. The van der Waals surface area contributed by atoms with Crippen molar-refractivity contribution in [3.05, 3.63) is 35.4 Å². The molecule has 0 aliphatic carbocycles. The first-order valence-corrected chi connectivity index (χ1v) is 10.1. The van der Waals surface area contributed by atoms with E-state index in [0.29, 0.717) is 31.4 Å². The molecule has 1 saturated heterocycles. The lowest BCUT2D eigenvalue weighted by molar-refractivity contribution is -0.139. The number of nitrogens with zero attached hydrogens (tertiary/aromatic N) is 1. The highest BCUT2D eigenvalue weighted by Gasteiger charge is 2.38. The fraction of sp³-hybridized carbons (Fsp3) is 0.476. The number of ether oxygens (including phenoxy) is 1. The van der Waals surface area contributed by atoms with Crippen molar-refractivity contribution >= 4 is 29.7 Å². The van der Waals surface area contributed by atoms with Gasteiger partial charge in [0.15, 0.2) is 0 Å². The molecule has 1 aromatic rings. The van der Waals surface area contributed by atoms with Gasteiger partial charge in [-0.3, -0.25) is 25.1 Å². The van der Waals surface area contributed by atoms with Gasteiger partial charge in [0.05, 0.1) is 7.11 Å². The molecule has 31 heavy (non-hydrogen) atoms. The summed E-state index contributed by atoms with van der Waals surface area (Å²) in [5.74, 6) is -1.56. The van der Waals surface area contributed by atoms with Crippen molar-refractivity contribution in [2.45, 2.75) is 45.2 Å². The molecule has 10 nitrogen and oxygen atoms in total. The van der Waals surface area contributed by atoms with E-state index in [1.165, 1.54) is 36.3 Å². The number of amidine groups is 1. The monoisotopic (exact) mass is 431 g/mol. The summed E-state index contributed by atoms with van der Waals surface area (Å²) >= 11 is 0. The minimum absolute atomic E-state index is 0.125. The Morgan fingerprint density at radius 2 is 1.81 bits per heavy atom. The molecule has 0 radical (unpaired) electrons. The van der Waals surface area contributed by atoms with Crippen molar-refractivity contribution in [1.29, 1.82) is 5.41 Å². The lowest BCUT2D eigenvalue weighted by Crippen LogP contribution is -2.54. The van der Waals surface area contributed by atoms with Crippen LogP contribution in [0.5, 0.6) is 0 Å². The van der Waals surface area contributed by atoms with Crippen molar-refractivity contribution in [3.63, 3.8) is 0 Å². The van der Waals surface area contributed by atoms with E-state index in [2.05, 4.69) is 15.4 Å². The van der Waals surface area contributed by atoms with E-state index in [0.717, 1.165) is 0 Å². The smallest absolute Gasteiger partial charge is 0.407 e. The number of amides is 4. The average Bonchev–Trinajstić information content (AvgIpc) is 3.22. The number of alkyl carbamates (subject to hydrolysis) is 1. The molecular formula is C21H29N5O5. The number of likely N-dealkylation sites (tertiary alicyclic amines) is 1. The first-order valence-electron chi connectivity index (χ1n) is 10.1. The zero-order valence-corrected chi connectivity index (χ0v) is 17.9. The highest BCUT2D eigenvalue weighted by Crippen LogP contribution is 2.20. The number of methoxy groups -OCH3 is 1. The molecule has 2 rings (SSSR count). The normalized spacial score (nSPS) is 16.5. The first kappa shape index (κ1) is 23.8. The molecule has 0 bridgehead atoms. The topological polar surface area (TPSA) is 155 Å². The van der Waals surface area contributed by atoms with Crippen LogP contribution in [0.2, 0.25) is 0 Å². The number of benzene rings is 1. The van der Waals surface area contributed by atoms with Crippen LogP contribution in [0.25, 0.3) is 0 Å². The Balaban J connectivity index is 2.09. The summed E-state index contributed by atoms with van der Waals surface area (Å²) < 4.78 is 4.61. The number of carbonyl (C=O) groups excluding carboxylic acids is 4. The molecule has 10 heteroatoms. The van der Waals surface area contributed by atoms with E-state index in [1.807, 2.05) is 13.8 Å². The maximum atomic E-state index is 13.1. The largest absolute Gasteiger partial charge is 0.453 e. The number of rotatable bonds is 7. The Morgan fingerprint density at radius 1 is 1.19 bits per heavy atom. The van der Waals surface area contributed by atoms with Crippen molar-refractivity contribution in [2.24, 2.45) is 11.7 Å². The molecule has 2 atom stereocenters. The second-order valence-electron chi connectivity index (χ2n) is 7.82. The van der Waals surface area contributed by atoms with Gasteiger partial charge in [0.1, 0.15) is 17.9 Å².